The van der Waals surface area contributed by atoms with Gasteiger partial charge >= 0.3 is 0 Å². The number of rotatable bonds is 2. The summed E-state index contributed by atoms with van der Waals surface area (Å²) >= 11 is 0. The number of imide groups is 2. The van der Waals surface area contributed by atoms with Gasteiger partial charge in [-0.05, 0) is 31.4 Å². The Morgan fingerprint density at radius 1 is 1.08 bits per heavy atom. The van der Waals surface area contributed by atoms with Gasteiger partial charge in [0.05, 0.1) is 16.8 Å². The summed E-state index contributed by atoms with van der Waals surface area (Å²) in [6.45, 7) is 1.39. The molecule has 8 nitrogen and oxygen atoms in total. The smallest absolute Gasteiger partial charge is 0.264 e. The molecule has 8 heteroatoms. The highest BCUT2D eigenvalue weighted by molar-refractivity contribution is 6.25. The fraction of sp³-hybridized carbons (Fsp3) is 0.444. The van der Waals surface area contributed by atoms with Crippen LogP contribution < -0.4 is 16.0 Å². The van der Waals surface area contributed by atoms with Crippen molar-refractivity contribution in [3.63, 3.8) is 0 Å². The summed E-state index contributed by atoms with van der Waals surface area (Å²) in [5.41, 5.74) is 7.37. The van der Waals surface area contributed by atoms with Crippen LogP contribution in [0, 0.1) is 0 Å². The topological polar surface area (TPSA) is 113 Å². The van der Waals surface area contributed by atoms with E-state index in [9.17, 15) is 19.2 Å². The minimum absolute atomic E-state index is 0.0260. The molecule has 26 heavy (non-hydrogen) atoms. The molecule has 0 saturated carbocycles. The van der Waals surface area contributed by atoms with Crippen LogP contribution in [0.15, 0.2) is 18.2 Å². The number of piperidine rings is 2. The lowest BCUT2D eigenvalue weighted by Gasteiger charge is -2.33. The van der Waals surface area contributed by atoms with Crippen molar-refractivity contribution in [1.82, 2.24) is 10.2 Å². The van der Waals surface area contributed by atoms with Crippen LogP contribution in [0.5, 0.6) is 0 Å². The third kappa shape index (κ3) is 2.57. The van der Waals surface area contributed by atoms with Gasteiger partial charge in [0.2, 0.25) is 11.8 Å². The summed E-state index contributed by atoms with van der Waals surface area (Å²) in [6, 6.07) is 4.24. The zero-order chi connectivity index (χ0) is 18.4. The van der Waals surface area contributed by atoms with Gasteiger partial charge in [0.15, 0.2) is 0 Å². The average Bonchev–Trinajstić information content (AvgIpc) is 2.87. The van der Waals surface area contributed by atoms with E-state index in [1.165, 1.54) is 0 Å². The highest BCUT2D eigenvalue weighted by atomic mass is 16.2. The first kappa shape index (κ1) is 16.7. The lowest BCUT2D eigenvalue weighted by molar-refractivity contribution is -0.136. The number of fused-ring (bicyclic) bond motifs is 1. The summed E-state index contributed by atoms with van der Waals surface area (Å²) in [7, 11) is 0. The highest BCUT2D eigenvalue weighted by Crippen LogP contribution is 2.35. The maximum Gasteiger partial charge on any atom is 0.264 e. The minimum atomic E-state index is -0.948. The van der Waals surface area contributed by atoms with Crippen LogP contribution in [0.25, 0.3) is 0 Å². The molecule has 2 fully saturated rings. The summed E-state index contributed by atoms with van der Waals surface area (Å²) < 4.78 is 0. The molecule has 3 N–H and O–H groups in total. The van der Waals surface area contributed by atoms with E-state index in [4.69, 9.17) is 5.73 Å². The van der Waals surface area contributed by atoms with Gasteiger partial charge in [-0.15, -0.1) is 0 Å². The molecule has 2 saturated heterocycles. The zero-order valence-corrected chi connectivity index (χ0v) is 14.2. The first-order chi connectivity index (χ1) is 12.5. The van der Waals surface area contributed by atoms with Crippen molar-refractivity contribution >= 4 is 29.3 Å². The Morgan fingerprint density at radius 2 is 1.88 bits per heavy atom. The number of benzene rings is 1. The van der Waals surface area contributed by atoms with Gasteiger partial charge in [-0.1, -0.05) is 6.07 Å². The Kier molecular flexibility index (Phi) is 3.99. The van der Waals surface area contributed by atoms with Gasteiger partial charge in [0, 0.05) is 25.6 Å². The van der Waals surface area contributed by atoms with Crippen molar-refractivity contribution in [3.8, 4) is 0 Å². The van der Waals surface area contributed by atoms with Crippen molar-refractivity contribution in [3.05, 3.63) is 29.3 Å². The number of anilines is 1. The standard InChI is InChI=1S/C18H20N4O4/c19-10-3-2-8-21(9-10)12-5-1-4-11-15(12)18(26)22(17(11)25)13-6-7-14(23)20-16(13)24/h1,4-5,10,13H,2-3,6-9,19H2,(H,20,23,24). The number of hydrogen-bond donors (Lipinski definition) is 2. The van der Waals surface area contributed by atoms with Crippen LogP contribution in [0.1, 0.15) is 46.4 Å². The van der Waals surface area contributed by atoms with E-state index in [-0.39, 0.29) is 24.8 Å². The van der Waals surface area contributed by atoms with E-state index in [0.717, 1.165) is 24.3 Å². The van der Waals surface area contributed by atoms with Crippen LogP contribution in [0.2, 0.25) is 0 Å². The highest BCUT2D eigenvalue weighted by Gasteiger charge is 2.46. The molecule has 1 aromatic carbocycles. The van der Waals surface area contributed by atoms with E-state index in [1.807, 2.05) is 11.0 Å². The van der Waals surface area contributed by atoms with Gasteiger partial charge in [-0.2, -0.15) is 0 Å². The second-order valence-electron chi connectivity index (χ2n) is 7.00. The van der Waals surface area contributed by atoms with Gasteiger partial charge in [-0.25, -0.2) is 0 Å². The molecule has 4 amide bonds. The molecule has 2 atom stereocenters. The van der Waals surface area contributed by atoms with E-state index in [1.54, 1.807) is 12.1 Å². The Labute approximate surface area is 150 Å². The fourth-order valence-corrected chi connectivity index (χ4v) is 3.99. The molecule has 2 unspecified atom stereocenters. The molecule has 0 aliphatic carbocycles. The molecule has 4 rings (SSSR count). The average molecular weight is 356 g/mol. The van der Waals surface area contributed by atoms with Gasteiger partial charge < -0.3 is 10.6 Å². The Bertz CT molecular complexity index is 821. The van der Waals surface area contributed by atoms with E-state index >= 15 is 0 Å². The predicted octanol–water partition coefficient (Wildman–Crippen LogP) is 0.0153. The van der Waals surface area contributed by atoms with E-state index in [0.29, 0.717) is 23.4 Å². The number of nitrogens with two attached hydrogens (primary N) is 1. The Morgan fingerprint density at radius 3 is 2.62 bits per heavy atom. The number of nitrogens with one attached hydrogen (secondary N) is 1. The Hall–Kier alpha value is -2.74. The number of nitrogens with zero attached hydrogens (tertiary/aromatic N) is 2. The zero-order valence-electron chi connectivity index (χ0n) is 14.2. The number of hydrogen-bond acceptors (Lipinski definition) is 6. The second kappa shape index (κ2) is 6.21. The summed E-state index contributed by atoms with van der Waals surface area (Å²) in [5.74, 6) is -1.94. The largest absolute Gasteiger partial charge is 0.369 e. The number of amides is 4. The molecule has 3 heterocycles. The number of carbonyl (C=O) groups excluding carboxylic acids is 4. The van der Waals surface area contributed by atoms with Crippen molar-refractivity contribution in [2.45, 2.75) is 37.8 Å². The molecular weight excluding hydrogens is 336 g/mol. The van der Waals surface area contributed by atoms with Crippen molar-refractivity contribution in [2.24, 2.45) is 5.73 Å². The SMILES string of the molecule is NC1CCCN(c2cccc3c2C(=O)N(C2CCC(=O)NC2=O)C3=O)C1. The molecule has 0 radical (unpaired) electrons. The van der Waals surface area contributed by atoms with Crippen molar-refractivity contribution in [2.75, 3.05) is 18.0 Å². The van der Waals surface area contributed by atoms with Crippen molar-refractivity contribution < 1.29 is 19.2 Å². The molecule has 0 aromatic heterocycles. The van der Waals surface area contributed by atoms with Gasteiger partial charge in [0.25, 0.3) is 11.8 Å². The first-order valence-corrected chi connectivity index (χ1v) is 8.82. The molecule has 3 aliphatic heterocycles. The molecule has 3 aliphatic rings. The summed E-state index contributed by atoms with van der Waals surface area (Å²) in [5, 5.41) is 2.21. The second-order valence-corrected chi connectivity index (χ2v) is 7.00. The molecular formula is C18H20N4O4. The van der Waals surface area contributed by atoms with Gasteiger partial charge in [-0.3, -0.25) is 29.4 Å². The fourth-order valence-electron chi connectivity index (χ4n) is 3.99. The molecule has 1 aromatic rings. The van der Waals surface area contributed by atoms with E-state index in [2.05, 4.69) is 5.32 Å². The first-order valence-electron chi connectivity index (χ1n) is 8.82. The minimum Gasteiger partial charge on any atom is -0.369 e. The summed E-state index contributed by atoms with van der Waals surface area (Å²) in [4.78, 5) is 52.5. The van der Waals surface area contributed by atoms with Crippen LogP contribution in [-0.4, -0.2) is 53.7 Å². The Balaban J connectivity index is 1.69. The summed E-state index contributed by atoms with van der Waals surface area (Å²) in [6.07, 6.45) is 2.11. The van der Waals surface area contributed by atoms with E-state index < -0.39 is 23.8 Å². The lowest BCUT2D eigenvalue weighted by Crippen LogP contribution is -2.54. The maximum absolute atomic E-state index is 13.1. The molecule has 0 spiro atoms. The van der Waals surface area contributed by atoms with Crippen LogP contribution >= 0.6 is 0 Å². The van der Waals surface area contributed by atoms with Crippen LogP contribution in [0.4, 0.5) is 5.69 Å². The van der Waals surface area contributed by atoms with Crippen molar-refractivity contribution in [1.29, 1.82) is 0 Å². The molecule has 0 bridgehead atoms. The third-order valence-electron chi connectivity index (χ3n) is 5.24. The predicted molar refractivity (Wildman–Crippen MR) is 92.5 cm³/mol. The quantitative estimate of drug-likeness (QED) is 0.722. The number of carbonyl (C=O) groups is 4. The maximum atomic E-state index is 13.1. The van der Waals surface area contributed by atoms with Crippen LogP contribution in [0.3, 0.4) is 0 Å². The normalized spacial score (nSPS) is 26.2. The monoisotopic (exact) mass is 356 g/mol. The van der Waals surface area contributed by atoms with Gasteiger partial charge in [0.1, 0.15) is 6.04 Å². The third-order valence-corrected chi connectivity index (χ3v) is 5.24. The lowest BCUT2D eigenvalue weighted by atomic mass is 10.0. The van der Waals surface area contributed by atoms with Crippen LogP contribution in [-0.2, 0) is 9.59 Å². The molecule has 136 valence electrons.